The van der Waals surface area contributed by atoms with E-state index in [-0.39, 0.29) is 10.8 Å². The van der Waals surface area contributed by atoms with Crippen LogP contribution in [0, 0.1) is 0 Å². The third-order valence-electron chi connectivity index (χ3n) is 5.03. The number of benzene rings is 1. The third kappa shape index (κ3) is 2.83. The Hall–Kier alpha value is -1.96. The summed E-state index contributed by atoms with van der Waals surface area (Å²) in [6.07, 6.45) is 5.11. The van der Waals surface area contributed by atoms with Crippen LogP contribution in [-0.4, -0.2) is 9.97 Å². The highest BCUT2D eigenvalue weighted by Crippen LogP contribution is 2.31. The number of hydrogen-bond donors (Lipinski definition) is 0. The number of hydrogen-bond acceptors (Lipinski definition) is 2. The third-order valence-corrected chi connectivity index (χ3v) is 5.03. The fourth-order valence-corrected chi connectivity index (χ4v) is 2.78. The maximum atomic E-state index is 4.75. The molecule has 0 aliphatic heterocycles. The molecule has 23 heavy (non-hydrogen) atoms. The summed E-state index contributed by atoms with van der Waals surface area (Å²) in [6, 6.07) is 8.86. The Kier molecular flexibility index (Phi) is 3.66. The summed E-state index contributed by atoms with van der Waals surface area (Å²) >= 11 is 0. The van der Waals surface area contributed by atoms with Gasteiger partial charge in [0.2, 0.25) is 0 Å². The lowest BCUT2D eigenvalue weighted by atomic mass is 9.82. The van der Waals surface area contributed by atoms with Crippen LogP contribution in [-0.2, 0) is 10.8 Å². The van der Waals surface area contributed by atoms with Gasteiger partial charge in [-0.15, -0.1) is 0 Å². The van der Waals surface area contributed by atoms with Crippen molar-refractivity contribution in [3.05, 3.63) is 47.8 Å². The standard InChI is InChI=1S/C21H26N2/c1-7-21(5,6)17-11-15-9-8-14-10-16(20(2,3)4)12-22-18(14)19(15)23-13-17/h8-13H,7H2,1-6H3. The molecule has 0 atom stereocenters. The molecule has 1 aromatic carbocycles. The zero-order valence-electron chi connectivity index (χ0n) is 15.1. The molecule has 0 saturated heterocycles. The first-order valence-electron chi connectivity index (χ1n) is 8.42. The lowest BCUT2D eigenvalue weighted by molar-refractivity contribution is 0.505. The predicted molar refractivity (Wildman–Crippen MR) is 99.1 cm³/mol. The largest absolute Gasteiger partial charge is 0.254 e. The molecule has 120 valence electrons. The lowest BCUT2D eigenvalue weighted by Crippen LogP contribution is -2.15. The van der Waals surface area contributed by atoms with E-state index in [1.54, 1.807) is 0 Å². The quantitative estimate of drug-likeness (QED) is 0.562. The van der Waals surface area contributed by atoms with Crippen molar-refractivity contribution < 1.29 is 0 Å². The van der Waals surface area contributed by atoms with E-state index in [9.17, 15) is 0 Å². The van der Waals surface area contributed by atoms with Gasteiger partial charge in [0.25, 0.3) is 0 Å². The summed E-state index contributed by atoms with van der Waals surface area (Å²) in [4.78, 5) is 9.48. The minimum Gasteiger partial charge on any atom is -0.254 e. The first kappa shape index (κ1) is 15.9. The van der Waals surface area contributed by atoms with Crippen molar-refractivity contribution in [3.8, 4) is 0 Å². The van der Waals surface area contributed by atoms with Crippen LogP contribution < -0.4 is 0 Å². The molecule has 0 spiro atoms. The van der Waals surface area contributed by atoms with E-state index in [0.717, 1.165) is 17.5 Å². The van der Waals surface area contributed by atoms with Crippen molar-refractivity contribution in [3.63, 3.8) is 0 Å². The lowest BCUT2D eigenvalue weighted by Gasteiger charge is -2.23. The molecule has 2 aromatic heterocycles. The van der Waals surface area contributed by atoms with E-state index >= 15 is 0 Å². The summed E-state index contributed by atoms with van der Waals surface area (Å²) in [5, 5.41) is 2.34. The molecule has 3 aromatic rings. The van der Waals surface area contributed by atoms with Gasteiger partial charge in [0, 0.05) is 23.2 Å². The van der Waals surface area contributed by atoms with Crippen LogP contribution in [0.15, 0.2) is 36.7 Å². The maximum absolute atomic E-state index is 4.75. The van der Waals surface area contributed by atoms with Crippen LogP contribution >= 0.6 is 0 Å². The molecule has 0 amide bonds. The van der Waals surface area contributed by atoms with Gasteiger partial charge in [-0.1, -0.05) is 53.7 Å². The van der Waals surface area contributed by atoms with Crippen LogP contribution in [0.2, 0.25) is 0 Å². The second kappa shape index (κ2) is 5.30. The van der Waals surface area contributed by atoms with Crippen LogP contribution in [0.25, 0.3) is 21.8 Å². The molecule has 0 unspecified atom stereocenters. The van der Waals surface area contributed by atoms with Crippen molar-refractivity contribution in [2.75, 3.05) is 0 Å². The molecule has 2 nitrogen and oxygen atoms in total. The SMILES string of the molecule is CCC(C)(C)c1cnc2c(ccc3cc(C(C)(C)C)cnc32)c1. The molecule has 0 aliphatic rings. The highest BCUT2D eigenvalue weighted by Gasteiger charge is 2.20. The molecule has 2 heterocycles. The Morgan fingerprint density at radius 2 is 1.26 bits per heavy atom. The fraction of sp³-hybridized carbons (Fsp3) is 0.429. The van der Waals surface area contributed by atoms with Gasteiger partial charge >= 0.3 is 0 Å². The van der Waals surface area contributed by atoms with Crippen molar-refractivity contribution in [1.82, 2.24) is 9.97 Å². The van der Waals surface area contributed by atoms with E-state index in [0.29, 0.717) is 0 Å². The molecule has 0 fully saturated rings. The summed E-state index contributed by atoms with van der Waals surface area (Å²) in [5.41, 5.74) is 4.80. The molecular weight excluding hydrogens is 280 g/mol. The molecular formula is C21H26N2. The Morgan fingerprint density at radius 1 is 0.783 bits per heavy atom. The monoisotopic (exact) mass is 306 g/mol. The topological polar surface area (TPSA) is 25.8 Å². The van der Waals surface area contributed by atoms with E-state index in [2.05, 4.69) is 65.8 Å². The van der Waals surface area contributed by atoms with Gasteiger partial charge in [-0.05, 0) is 40.5 Å². The molecule has 2 heteroatoms. The summed E-state index contributed by atoms with van der Waals surface area (Å²) in [7, 11) is 0. The van der Waals surface area contributed by atoms with Gasteiger partial charge in [0.05, 0.1) is 11.0 Å². The summed E-state index contributed by atoms with van der Waals surface area (Å²) in [5.74, 6) is 0. The normalized spacial score (nSPS) is 13.0. The van der Waals surface area contributed by atoms with Gasteiger partial charge in [-0.2, -0.15) is 0 Å². The number of pyridine rings is 2. The zero-order chi connectivity index (χ0) is 16.8. The van der Waals surface area contributed by atoms with Crippen LogP contribution in [0.4, 0.5) is 0 Å². The van der Waals surface area contributed by atoms with E-state index in [4.69, 9.17) is 9.97 Å². The predicted octanol–water partition coefficient (Wildman–Crippen LogP) is 5.77. The van der Waals surface area contributed by atoms with Gasteiger partial charge in [0.1, 0.15) is 0 Å². The Balaban J connectivity index is 2.21. The van der Waals surface area contributed by atoms with E-state index in [1.165, 1.54) is 21.9 Å². The van der Waals surface area contributed by atoms with Crippen molar-refractivity contribution in [2.24, 2.45) is 0 Å². The highest BCUT2D eigenvalue weighted by molar-refractivity contribution is 6.02. The average molecular weight is 306 g/mol. The van der Waals surface area contributed by atoms with Gasteiger partial charge < -0.3 is 0 Å². The first-order valence-corrected chi connectivity index (χ1v) is 8.42. The Morgan fingerprint density at radius 3 is 1.74 bits per heavy atom. The molecule has 3 rings (SSSR count). The van der Waals surface area contributed by atoms with Gasteiger partial charge in [0.15, 0.2) is 0 Å². The molecule has 0 aliphatic carbocycles. The minimum atomic E-state index is 0.110. The highest BCUT2D eigenvalue weighted by atomic mass is 14.7. The molecule has 0 saturated carbocycles. The smallest absolute Gasteiger partial charge is 0.0964 e. The Bertz CT molecular complexity index is 870. The number of aromatic nitrogens is 2. The summed E-state index contributed by atoms with van der Waals surface area (Å²) < 4.78 is 0. The molecule has 0 N–H and O–H groups in total. The number of nitrogens with zero attached hydrogens (tertiary/aromatic N) is 2. The second-order valence-corrected chi connectivity index (χ2v) is 8.14. The van der Waals surface area contributed by atoms with Crippen LogP contribution in [0.5, 0.6) is 0 Å². The first-order chi connectivity index (χ1) is 10.7. The van der Waals surface area contributed by atoms with Gasteiger partial charge in [-0.3, -0.25) is 9.97 Å². The van der Waals surface area contributed by atoms with Crippen molar-refractivity contribution in [2.45, 2.75) is 58.8 Å². The number of fused-ring (bicyclic) bond motifs is 3. The molecule has 0 bridgehead atoms. The maximum Gasteiger partial charge on any atom is 0.0964 e. The van der Waals surface area contributed by atoms with Crippen molar-refractivity contribution >= 4 is 21.8 Å². The second-order valence-electron chi connectivity index (χ2n) is 8.14. The van der Waals surface area contributed by atoms with E-state index in [1.807, 2.05) is 12.4 Å². The fourth-order valence-electron chi connectivity index (χ4n) is 2.78. The average Bonchev–Trinajstić information content (AvgIpc) is 2.52. The summed E-state index contributed by atoms with van der Waals surface area (Å²) in [6.45, 7) is 13.4. The van der Waals surface area contributed by atoms with Gasteiger partial charge in [-0.25, -0.2) is 0 Å². The number of rotatable bonds is 2. The Labute approximate surface area is 139 Å². The zero-order valence-corrected chi connectivity index (χ0v) is 15.1. The van der Waals surface area contributed by atoms with E-state index < -0.39 is 0 Å². The van der Waals surface area contributed by atoms with Crippen LogP contribution in [0.1, 0.15) is 59.1 Å². The molecule has 0 radical (unpaired) electrons. The minimum absolute atomic E-state index is 0.110. The van der Waals surface area contributed by atoms with Crippen molar-refractivity contribution in [1.29, 1.82) is 0 Å². The van der Waals surface area contributed by atoms with Crippen LogP contribution in [0.3, 0.4) is 0 Å².